The van der Waals surface area contributed by atoms with Crippen LogP contribution in [0.15, 0.2) is 6.07 Å². The molecule has 3 N–H and O–H groups in total. The van der Waals surface area contributed by atoms with Gasteiger partial charge in [0.2, 0.25) is 0 Å². The summed E-state index contributed by atoms with van der Waals surface area (Å²) < 4.78 is 4.62. The van der Waals surface area contributed by atoms with Crippen molar-refractivity contribution in [1.82, 2.24) is 9.97 Å². The smallest absolute Gasteiger partial charge is 0.328 e. The van der Waals surface area contributed by atoms with E-state index < -0.39 is 6.04 Å². The van der Waals surface area contributed by atoms with Gasteiger partial charge in [0.1, 0.15) is 23.5 Å². The van der Waals surface area contributed by atoms with Crippen molar-refractivity contribution in [2.45, 2.75) is 32.7 Å². The summed E-state index contributed by atoms with van der Waals surface area (Å²) in [6.07, 6.45) is 0. The number of nitrogen functional groups attached to an aromatic ring is 1. The van der Waals surface area contributed by atoms with E-state index in [4.69, 9.17) is 5.73 Å². The lowest BCUT2D eigenvalue weighted by molar-refractivity contribution is -0.141. The Labute approximate surface area is 101 Å². The Morgan fingerprint density at radius 1 is 1.41 bits per heavy atom. The molecule has 0 radical (unpaired) electrons. The molecular formula is C11H18N4O2. The third kappa shape index (κ3) is 3.58. The molecule has 1 atom stereocenters. The van der Waals surface area contributed by atoms with Gasteiger partial charge in [0.15, 0.2) is 0 Å². The summed E-state index contributed by atoms with van der Waals surface area (Å²) in [7, 11) is 1.34. The summed E-state index contributed by atoms with van der Waals surface area (Å²) in [4.78, 5) is 19.7. The summed E-state index contributed by atoms with van der Waals surface area (Å²) in [5, 5.41) is 2.92. The molecule has 1 aromatic rings. The van der Waals surface area contributed by atoms with Crippen molar-refractivity contribution in [2.75, 3.05) is 18.2 Å². The van der Waals surface area contributed by atoms with Crippen LogP contribution in [-0.4, -0.2) is 29.1 Å². The van der Waals surface area contributed by atoms with Crippen LogP contribution in [0.4, 0.5) is 11.6 Å². The highest BCUT2D eigenvalue weighted by Crippen LogP contribution is 2.15. The zero-order valence-corrected chi connectivity index (χ0v) is 10.5. The number of nitrogens with one attached hydrogen (secondary N) is 1. The second kappa shape index (κ2) is 5.47. The Morgan fingerprint density at radius 3 is 2.59 bits per heavy atom. The molecule has 94 valence electrons. The van der Waals surface area contributed by atoms with Crippen LogP contribution < -0.4 is 11.1 Å². The summed E-state index contributed by atoms with van der Waals surface area (Å²) >= 11 is 0. The van der Waals surface area contributed by atoms with E-state index in [0.29, 0.717) is 17.5 Å². The quantitative estimate of drug-likeness (QED) is 0.765. The van der Waals surface area contributed by atoms with Crippen LogP contribution in [0.1, 0.15) is 32.5 Å². The fourth-order valence-corrected chi connectivity index (χ4v) is 1.27. The number of carbonyl (C=O) groups excluding carboxylic acids is 1. The molecule has 6 nitrogen and oxygen atoms in total. The second-order valence-corrected chi connectivity index (χ2v) is 4.08. The lowest BCUT2D eigenvalue weighted by Gasteiger charge is -2.14. The molecule has 6 heteroatoms. The lowest BCUT2D eigenvalue weighted by atomic mass is 10.2. The highest BCUT2D eigenvalue weighted by atomic mass is 16.5. The Bertz CT molecular complexity index is 406. The van der Waals surface area contributed by atoms with E-state index in [1.807, 2.05) is 13.8 Å². The Hall–Kier alpha value is -1.85. The van der Waals surface area contributed by atoms with Crippen molar-refractivity contribution in [1.29, 1.82) is 0 Å². The summed E-state index contributed by atoms with van der Waals surface area (Å²) in [6, 6.07) is 1.11. The number of methoxy groups -OCH3 is 1. The molecule has 1 aromatic heterocycles. The number of aromatic nitrogens is 2. The molecule has 1 heterocycles. The predicted octanol–water partition coefficient (Wildman–Crippen LogP) is 1.16. The first-order valence-electron chi connectivity index (χ1n) is 5.43. The monoisotopic (exact) mass is 238 g/mol. The minimum atomic E-state index is -0.477. The minimum absolute atomic E-state index is 0.174. The van der Waals surface area contributed by atoms with E-state index in [1.165, 1.54) is 7.11 Å². The molecule has 0 aliphatic heterocycles. The molecule has 0 saturated heterocycles. The third-order valence-corrected chi connectivity index (χ3v) is 2.20. The molecule has 0 aliphatic rings. The SMILES string of the molecule is COC(=O)C(C)Nc1cc(N)nc(C(C)C)n1. The molecule has 0 fully saturated rings. The van der Waals surface area contributed by atoms with Crippen LogP contribution in [0.5, 0.6) is 0 Å². The van der Waals surface area contributed by atoms with Crippen molar-refractivity contribution in [3.05, 3.63) is 11.9 Å². The van der Waals surface area contributed by atoms with E-state index in [1.54, 1.807) is 13.0 Å². The second-order valence-electron chi connectivity index (χ2n) is 4.08. The van der Waals surface area contributed by atoms with Crippen LogP contribution >= 0.6 is 0 Å². The molecule has 0 saturated carbocycles. The molecule has 0 aliphatic carbocycles. The third-order valence-electron chi connectivity index (χ3n) is 2.20. The molecule has 0 amide bonds. The molecule has 17 heavy (non-hydrogen) atoms. The zero-order chi connectivity index (χ0) is 13.0. The zero-order valence-electron chi connectivity index (χ0n) is 10.5. The predicted molar refractivity (Wildman–Crippen MR) is 65.6 cm³/mol. The first-order chi connectivity index (χ1) is 7.93. The van der Waals surface area contributed by atoms with E-state index in [-0.39, 0.29) is 11.9 Å². The van der Waals surface area contributed by atoms with Gasteiger partial charge < -0.3 is 15.8 Å². The van der Waals surface area contributed by atoms with Gasteiger partial charge >= 0.3 is 5.97 Å². The number of nitrogens with two attached hydrogens (primary N) is 1. The topological polar surface area (TPSA) is 90.1 Å². The highest BCUT2D eigenvalue weighted by Gasteiger charge is 2.14. The number of ether oxygens (including phenoxy) is 1. The van der Waals surface area contributed by atoms with Crippen molar-refractivity contribution >= 4 is 17.6 Å². The molecule has 0 spiro atoms. The first-order valence-corrected chi connectivity index (χ1v) is 5.43. The maximum absolute atomic E-state index is 11.3. The highest BCUT2D eigenvalue weighted by molar-refractivity contribution is 5.78. The van der Waals surface area contributed by atoms with Crippen molar-refractivity contribution in [3.8, 4) is 0 Å². The average molecular weight is 238 g/mol. The summed E-state index contributed by atoms with van der Waals surface area (Å²) in [5.74, 6) is 1.37. The lowest BCUT2D eigenvalue weighted by Crippen LogP contribution is -2.28. The van der Waals surface area contributed by atoms with Gasteiger partial charge in [-0.3, -0.25) is 0 Å². The van der Waals surface area contributed by atoms with Crippen LogP contribution in [0, 0.1) is 0 Å². The van der Waals surface area contributed by atoms with Crippen molar-refractivity contribution < 1.29 is 9.53 Å². The number of nitrogens with zero attached hydrogens (tertiary/aromatic N) is 2. The van der Waals surface area contributed by atoms with Gasteiger partial charge in [0.05, 0.1) is 7.11 Å². The Balaban J connectivity index is 2.87. The largest absolute Gasteiger partial charge is 0.467 e. The fraction of sp³-hybridized carbons (Fsp3) is 0.545. The number of esters is 1. The van der Waals surface area contributed by atoms with Gasteiger partial charge in [-0.05, 0) is 6.92 Å². The molecular weight excluding hydrogens is 220 g/mol. The molecule has 1 unspecified atom stereocenters. The van der Waals surface area contributed by atoms with Gasteiger partial charge in [0, 0.05) is 12.0 Å². The van der Waals surface area contributed by atoms with Crippen molar-refractivity contribution in [3.63, 3.8) is 0 Å². The van der Waals surface area contributed by atoms with Gasteiger partial charge in [-0.1, -0.05) is 13.8 Å². The molecule has 0 aromatic carbocycles. The Kier molecular flexibility index (Phi) is 4.25. The maximum Gasteiger partial charge on any atom is 0.328 e. The number of carbonyl (C=O) groups is 1. The minimum Gasteiger partial charge on any atom is -0.467 e. The maximum atomic E-state index is 11.3. The van der Waals surface area contributed by atoms with Crippen molar-refractivity contribution in [2.24, 2.45) is 0 Å². The van der Waals surface area contributed by atoms with Gasteiger partial charge in [0.25, 0.3) is 0 Å². The van der Waals surface area contributed by atoms with E-state index >= 15 is 0 Å². The van der Waals surface area contributed by atoms with Crippen LogP contribution in [-0.2, 0) is 9.53 Å². The van der Waals surface area contributed by atoms with Crippen LogP contribution in [0.25, 0.3) is 0 Å². The number of anilines is 2. The van der Waals surface area contributed by atoms with E-state index in [0.717, 1.165) is 0 Å². The van der Waals surface area contributed by atoms with Crippen LogP contribution in [0.3, 0.4) is 0 Å². The number of hydrogen-bond donors (Lipinski definition) is 2. The van der Waals surface area contributed by atoms with Gasteiger partial charge in [-0.25, -0.2) is 14.8 Å². The van der Waals surface area contributed by atoms with Gasteiger partial charge in [-0.2, -0.15) is 0 Å². The first kappa shape index (κ1) is 13.2. The number of rotatable bonds is 4. The van der Waals surface area contributed by atoms with E-state index in [9.17, 15) is 4.79 Å². The molecule has 1 rings (SSSR count). The number of hydrogen-bond acceptors (Lipinski definition) is 6. The normalized spacial score (nSPS) is 12.3. The van der Waals surface area contributed by atoms with E-state index in [2.05, 4.69) is 20.0 Å². The fourth-order valence-electron chi connectivity index (χ4n) is 1.27. The average Bonchev–Trinajstić information content (AvgIpc) is 2.26. The summed E-state index contributed by atoms with van der Waals surface area (Å²) in [6.45, 7) is 5.64. The summed E-state index contributed by atoms with van der Waals surface area (Å²) in [5.41, 5.74) is 5.67. The standard InChI is InChI=1S/C11H18N4O2/c1-6(2)10-14-8(12)5-9(15-10)13-7(3)11(16)17-4/h5-7H,1-4H3,(H3,12,13,14,15). The van der Waals surface area contributed by atoms with Crippen LogP contribution in [0.2, 0.25) is 0 Å². The molecule has 0 bridgehead atoms. The Morgan fingerprint density at radius 2 is 2.06 bits per heavy atom. The van der Waals surface area contributed by atoms with Gasteiger partial charge in [-0.15, -0.1) is 0 Å².